The molecule has 94 valence electrons. The zero-order valence-corrected chi connectivity index (χ0v) is 10.7. The van der Waals surface area contributed by atoms with Gasteiger partial charge in [0.25, 0.3) is 5.91 Å². The van der Waals surface area contributed by atoms with E-state index in [1.54, 1.807) is 0 Å². The highest BCUT2D eigenvalue weighted by molar-refractivity contribution is 6.03. The molecule has 0 aliphatic heterocycles. The zero-order valence-electron chi connectivity index (χ0n) is 10.7. The van der Waals surface area contributed by atoms with Crippen molar-refractivity contribution in [3.8, 4) is 0 Å². The summed E-state index contributed by atoms with van der Waals surface area (Å²) in [6, 6.07) is 9.30. The Kier molecular flexibility index (Phi) is 3.19. The van der Waals surface area contributed by atoms with Crippen LogP contribution in [0.4, 0.5) is 5.69 Å². The lowest BCUT2D eigenvalue weighted by molar-refractivity contribution is 0.101. The second kappa shape index (κ2) is 4.64. The summed E-state index contributed by atoms with van der Waals surface area (Å²) >= 11 is 0. The predicted molar refractivity (Wildman–Crippen MR) is 69.6 cm³/mol. The highest BCUT2D eigenvalue weighted by Crippen LogP contribution is 2.29. The van der Waals surface area contributed by atoms with Crippen molar-refractivity contribution in [2.75, 3.05) is 5.32 Å². The molecule has 2 aromatic rings. The Morgan fingerprint density at radius 2 is 1.94 bits per heavy atom. The number of amides is 1. The van der Waals surface area contributed by atoms with E-state index in [1.807, 2.05) is 24.3 Å². The monoisotopic (exact) mass is 244 g/mol. The number of carbonyl (C=O) groups excluding carboxylic acids is 1. The summed E-state index contributed by atoms with van der Waals surface area (Å²) in [6.45, 7) is 6.32. The summed E-state index contributed by atoms with van der Waals surface area (Å²) in [5.74, 6) is -0.263. The number of aromatic nitrogens is 1. The van der Waals surface area contributed by atoms with Gasteiger partial charge in [0.2, 0.25) is 0 Å². The van der Waals surface area contributed by atoms with Crippen molar-refractivity contribution in [2.45, 2.75) is 26.2 Å². The number of nitrogens with zero attached hydrogens (tertiary/aromatic N) is 1. The Hall–Kier alpha value is -2.10. The van der Waals surface area contributed by atoms with Crippen molar-refractivity contribution in [1.29, 1.82) is 0 Å². The van der Waals surface area contributed by atoms with Crippen LogP contribution in [0.1, 0.15) is 36.8 Å². The van der Waals surface area contributed by atoms with E-state index in [4.69, 9.17) is 0 Å². The normalized spacial score (nSPS) is 11.3. The molecule has 1 heterocycles. The Balaban J connectivity index is 2.27. The zero-order chi connectivity index (χ0) is 13.2. The van der Waals surface area contributed by atoms with E-state index in [0.717, 1.165) is 11.3 Å². The number of para-hydroxylation sites is 1. The quantitative estimate of drug-likeness (QED) is 0.882. The van der Waals surface area contributed by atoms with Crippen LogP contribution >= 0.6 is 0 Å². The van der Waals surface area contributed by atoms with Crippen LogP contribution in [0.2, 0.25) is 0 Å². The van der Waals surface area contributed by atoms with E-state index in [-0.39, 0.29) is 17.0 Å². The Bertz CT molecular complexity index is 539. The molecule has 4 heteroatoms. The van der Waals surface area contributed by atoms with Crippen LogP contribution < -0.4 is 5.32 Å². The second-order valence-electron chi connectivity index (χ2n) is 5.13. The molecule has 0 radical (unpaired) electrons. The molecule has 1 aromatic carbocycles. The number of nitrogens with one attached hydrogen (secondary N) is 1. The fourth-order valence-electron chi connectivity index (χ4n) is 1.76. The molecule has 0 bridgehead atoms. The van der Waals surface area contributed by atoms with E-state index in [1.165, 1.54) is 12.3 Å². The lowest BCUT2D eigenvalue weighted by Gasteiger charge is -2.22. The molecular formula is C14H16N2O2. The lowest BCUT2D eigenvalue weighted by atomic mass is 9.86. The molecule has 0 unspecified atom stereocenters. The predicted octanol–water partition coefficient (Wildman–Crippen LogP) is 3.22. The summed E-state index contributed by atoms with van der Waals surface area (Å²) in [7, 11) is 0. The van der Waals surface area contributed by atoms with E-state index in [9.17, 15) is 4.79 Å². The van der Waals surface area contributed by atoms with E-state index in [2.05, 4.69) is 35.8 Å². The van der Waals surface area contributed by atoms with Gasteiger partial charge in [-0.2, -0.15) is 0 Å². The molecule has 0 atom stereocenters. The number of hydrogen-bond donors (Lipinski definition) is 1. The largest absolute Gasteiger partial charge is 0.364 e. The Labute approximate surface area is 106 Å². The van der Waals surface area contributed by atoms with Crippen molar-refractivity contribution < 1.29 is 9.32 Å². The maximum Gasteiger partial charge on any atom is 0.277 e. The molecular weight excluding hydrogens is 228 g/mol. The van der Waals surface area contributed by atoms with Gasteiger partial charge in [-0.05, 0) is 17.0 Å². The summed E-state index contributed by atoms with van der Waals surface area (Å²) in [5, 5.41) is 6.48. The molecule has 0 fully saturated rings. The van der Waals surface area contributed by atoms with Gasteiger partial charge in [0.1, 0.15) is 6.26 Å². The fourth-order valence-corrected chi connectivity index (χ4v) is 1.76. The van der Waals surface area contributed by atoms with Crippen LogP contribution in [-0.2, 0) is 5.41 Å². The number of hydrogen-bond acceptors (Lipinski definition) is 3. The van der Waals surface area contributed by atoms with Gasteiger partial charge in [0.15, 0.2) is 5.69 Å². The van der Waals surface area contributed by atoms with E-state index < -0.39 is 0 Å². The second-order valence-corrected chi connectivity index (χ2v) is 5.13. The summed E-state index contributed by atoms with van der Waals surface area (Å²) in [5.41, 5.74) is 2.13. The molecule has 18 heavy (non-hydrogen) atoms. The van der Waals surface area contributed by atoms with Crippen LogP contribution in [0.25, 0.3) is 0 Å². The molecule has 1 aromatic heterocycles. The summed E-state index contributed by atoms with van der Waals surface area (Å²) in [4.78, 5) is 11.9. The Morgan fingerprint density at radius 1 is 1.22 bits per heavy atom. The number of carbonyl (C=O) groups is 1. The smallest absolute Gasteiger partial charge is 0.277 e. The van der Waals surface area contributed by atoms with Gasteiger partial charge in [-0.25, -0.2) is 0 Å². The van der Waals surface area contributed by atoms with Crippen molar-refractivity contribution in [1.82, 2.24) is 5.16 Å². The van der Waals surface area contributed by atoms with E-state index in [0.29, 0.717) is 0 Å². The van der Waals surface area contributed by atoms with Gasteiger partial charge < -0.3 is 9.84 Å². The van der Waals surface area contributed by atoms with Crippen molar-refractivity contribution >= 4 is 11.6 Å². The molecule has 0 aliphatic carbocycles. The third-order valence-corrected chi connectivity index (χ3v) is 2.65. The summed E-state index contributed by atoms with van der Waals surface area (Å²) in [6.07, 6.45) is 1.38. The van der Waals surface area contributed by atoms with Crippen molar-refractivity contribution in [3.63, 3.8) is 0 Å². The van der Waals surface area contributed by atoms with Gasteiger partial charge in [0, 0.05) is 11.8 Å². The van der Waals surface area contributed by atoms with Crippen molar-refractivity contribution in [3.05, 3.63) is 47.9 Å². The van der Waals surface area contributed by atoms with Gasteiger partial charge >= 0.3 is 0 Å². The van der Waals surface area contributed by atoms with Gasteiger partial charge in [0.05, 0.1) is 0 Å². The highest BCUT2D eigenvalue weighted by atomic mass is 16.5. The molecule has 0 saturated heterocycles. The molecule has 4 nitrogen and oxygen atoms in total. The molecule has 2 rings (SSSR count). The first-order valence-electron chi connectivity index (χ1n) is 5.80. The first-order valence-corrected chi connectivity index (χ1v) is 5.80. The van der Waals surface area contributed by atoms with Crippen molar-refractivity contribution in [2.24, 2.45) is 0 Å². The fraction of sp³-hybridized carbons (Fsp3) is 0.286. The van der Waals surface area contributed by atoms with Gasteiger partial charge in [-0.3, -0.25) is 4.79 Å². The molecule has 1 N–H and O–H groups in total. The Morgan fingerprint density at radius 3 is 2.56 bits per heavy atom. The molecule has 0 spiro atoms. The topological polar surface area (TPSA) is 55.1 Å². The molecule has 1 amide bonds. The first-order chi connectivity index (χ1) is 8.48. The molecule has 0 saturated carbocycles. The van der Waals surface area contributed by atoms with Gasteiger partial charge in [-0.15, -0.1) is 0 Å². The standard InChI is InChI=1S/C14H16N2O2/c1-14(2,3)10-6-4-5-7-11(10)15-13(17)12-8-9-18-16-12/h4-9H,1-3H3,(H,15,17). The summed E-state index contributed by atoms with van der Waals surface area (Å²) < 4.78 is 4.66. The molecule has 0 aliphatic rings. The third-order valence-electron chi connectivity index (χ3n) is 2.65. The maximum absolute atomic E-state index is 11.9. The average Bonchev–Trinajstić information content (AvgIpc) is 2.81. The average molecular weight is 244 g/mol. The highest BCUT2D eigenvalue weighted by Gasteiger charge is 2.19. The van der Waals surface area contributed by atoms with Crippen LogP contribution in [-0.4, -0.2) is 11.1 Å². The van der Waals surface area contributed by atoms with E-state index >= 15 is 0 Å². The number of anilines is 1. The van der Waals surface area contributed by atoms with Crippen LogP contribution in [0, 0.1) is 0 Å². The van der Waals surface area contributed by atoms with Crippen LogP contribution in [0.15, 0.2) is 41.1 Å². The number of rotatable bonds is 2. The minimum absolute atomic E-state index is 0.0340. The lowest BCUT2D eigenvalue weighted by Crippen LogP contribution is -2.18. The first kappa shape index (κ1) is 12.4. The minimum Gasteiger partial charge on any atom is -0.364 e. The minimum atomic E-state index is -0.263. The third kappa shape index (κ3) is 2.59. The van der Waals surface area contributed by atoms with Crippen LogP contribution in [0.5, 0.6) is 0 Å². The van der Waals surface area contributed by atoms with Crippen LogP contribution in [0.3, 0.4) is 0 Å². The SMILES string of the molecule is CC(C)(C)c1ccccc1NC(=O)c1ccon1. The van der Waals surface area contributed by atoms with Gasteiger partial charge in [-0.1, -0.05) is 44.1 Å². The number of benzene rings is 1. The maximum atomic E-state index is 11.9.